The van der Waals surface area contributed by atoms with Gasteiger partial charge in [0.15, 0.2) is 0 Å². The van der Waals surface area contributed by atoms with Gasteiger partial charge in [0.1, 0.15) is 18.1 Å². The second-order valence-corrected chi connectivity index (χ2v) is 6.40. The molecule has 25 heavy (non-hydrogen) atoms. The van der Waals surface area contributed by atoms with E-state index in [4.69, 9.17) is 22.3 Å². The largest absolute Gasteiger partial charge is 0.492 e. The maximum Gasteiger partial charge on any atom is 0.136 e. The molecule has 0 fully saturated rings. The molecule has 1 aromatic rings. The van der Waals surface area contributed by atoms with E-state index in [0.717, 1.165) is 13.0 Å². The standard InChI is InChI=1S/C22H31NO2/c1-6-9-10-11-12-13-15-24-21-17-20(8-3)22(18-19(21)7-2)25-16-14-23(4)5/h2-3,17-18H,6,9-16H2,1,4-5H3. The molecule has 0 saturated carbocycles. The summed E-state index contributed by atoms with van der Waals surface area (Å²) in [7, 11) is 4.00. The monoisotopic (exact) mass is 341 g/mol. The van der Waals surface area contributed by atoms with E-state index in [1.54, 1.807) is 6.07 Å². The first-order valence-corrected chi connectivity index (χ1v) is 9.14. The molecule has 3 heteroatoms. The van der Waals surface area contributed by atoms with Gasteiger partial charge in [-0.1, -0.05) is 50.9 Å². The Morgan fingerprint density at radius 2 is 1.36 bits per heavy atom. The van der Waals surface area contributed by atoms with E-state index in [1.807, 2.05) is 20.2 Å². The fraction of sp³-hybridized carbons (Fsp3) is 0.545. The SMILES string of the molecule is C#Cc1cc(OCCN(C)C)c(C#C)cc1OCCCCCCCC. The number of hydrogen-bond donors (Lipinski definition) is 0. The molecular formula is C22H31NO2. The average Bonchev–Trinajstić information content (AvgIpc) is 2.60. The minimum absolute atomic E-state index is 0.559. The first kappa shape index (κ1) is 20.9. The Bertz CT molecular complexity index is 593. The number of benzene rings is 1. The highest BCUT2D eigenvalue weighted by molar-refractivity contribution is 5.57. The molecule has 0 bridgehead atoms. The topological polar surface area (TPSA) is 21.7 Å². The first-order chi connectivity index (χ1) is 12.1. The van der Waals surface area contributed by atoms with Crippen molar-refractivity contribution in [1.29, 1.82) is 0 Å². The molecule has 0 aliphatic rings. The summed E-state index contributed by atoms with van der Waals surface area (Å²) in [6.07, 6.45) is 18.6. The fourth-order valence-corrected chi connectivity index (χ4v) is 2.43. The minimum atomic E-state index is 0.559. The van der Waals surface area contributed by atoms with E-state index in [-0.39, 0.29) is 0 Å². The van der Waals surface area contributed by atoms with Crippen LogP contribution in [0, 0.1) is 24.7 Å². The average molecular weight is 341 g/mol. The molecule has 1 aromatic carbocycles. The first-order valence-electron chi connectivity index (χ1n) is 9.14. The Balaban J connectivity index is 2.62. The summed E-state index contributed by atoms with van der Waals surface area (Å²) in [5.74, 6) is 6.65. The van der Waals surface area contributed by atoms with E-state index in [0.29, 0.717) is 35.8 Å². The van der Waals surface area contributed by atoms with E-state index in [1.165, 1.54) is 32.1 Å². The van der Waals surface area contributed by atoms with Gasteiger partial charge in [-0.3, -0.25) is 0 Å². The molecule has 0 aliphatic heterocycles. The van der Waals surface area contributed by atoms with E-state index in [2.05, 4.69) is 23.7 Å². The van der Waals surface area contributed by atoms with Crippen molar-refractivity contribution in [3.8, 4) is 36.2 Å². The predicted octanol–water partition coefficient (Wildman–Crippen LogP) is 4.33. The number of likely N-dealkylation sites (N-methyl/N-ethyl adjacent to an activating group) is 1. The van der Waals surface area contributed by atoms with Crippen molar-refractivity contribution in [3.05, 3.63) is 23.3 Å². The third kappa shape index (κ3) is 8.01. The molecule has 136 valence electrons. The van der Waals surface area contributed by atoms with Crippen molar-refractivity contribution in [1.82, 2.24) is 4.90 Å². The smallest absolute Gasteiger partial charge is 0.136 e. The van der Waals surface area contributed by atoms with Crippen molar-refractivity contribution >= 4 is 0 Å². The summed E-state index contributed by atoms with van der Waals surface area (Å²) in [6.45, 7) is 4.25. The Hall–Kier alpha value is -2.10. The highest BCUT2D eigenvalue weighted by Gasteiger charge is 2.10. The van der Waals surface area contributed by atoms with Crippen LogP contribution in [-0.4, -0.2) is 38.8 Å². The van der Waals surface area contributed by atoms with Crippen molar-refractivity contribution < 1.29 is 9.47 Å². The summed E-state index contributed by atoms with van der Waals surface area (Å²) in [6, 6.07) is 3.62. The molecule has 0 aliphatic carbocycles. The normalized spacial score (nSPS) is 10.3. The van der Waals surface area contributed by atoms with Gasteiger partial charge in [0.25, 0.3) is 0 Å². The predicted molar refractivity (Wildman–Crippen MR) is 105 cm³/mol. The maximum atomic E-state index is 5.87. The molecule has 0 unspecified atom stereocenters. The van der Waals surface area contributed by atoms with Crippen molar-refractivity contribution in [3.63, 3.8) is 0 Å². The van der Waals surface area contributed by atoms with Gasteiger partial charge >= 0.3 is 0 Å². The van der Waals surface area contributed by atoms with E-state index >= 15 is 0 Å². The number of nitrogens with zero attached hydrogens (tertiary/aromatic N) is 1. The number of ether oxygens (including phenoxy) is 2. The molecule has 0 amide bonds. The third-order valence-corrected chi connectivity index (χ3v) is 3.94. The zero-order chi connectivity index (χ0) is 18.5. The van der Waals surface area contributed by atoms with Crippen LogP contribution in [0.2, 0.25) is 0 Å². The minimum Gasteiger partial charge on any atom is -0.492 e. The van der Waals surface area contributed by atoms with E-state index < -0.39 is 0 Å². The number of hydrogen-bond acceptors (Lipinski definition) is 3. The van der Waals surface area contributed by atoms with Gasteiger partial charge in [-0.05, 0) is 20.5 Å². The van der Waals surface area contributed by atoms with Crippen molar-refractivity contribution in [2.24, 2.45) is 0 Å². The summed E-state index contributed by atoms with van der Waals surface area (Å²) < 4.78 is 11.7. The molecule has 0 N–H and O–H groups in total. The third-order valence-electron chi connectivity index (χ3n) is 3.94. The van der Waals surface area contributed by atoms with Crippen LogP contribution in [0.3, 0.4) is 0 Å². The molecular weight excluding hydrogens is 310 g/mol. The maximum absolute atomic E-state index is 5.87. The Labute approximate surface area is 153 Å². The number of rotatable bonds is 12. The highest BCUT2D eigenvalue weighted by atomic mass is 16.5. The molecule has 0 heterocycles. The molecule has 0 spiro atoms. The molecule has 3 nitrogen and oxygen atoms in total. The Morgan fingerprint density at radius 3 is 1.88 bits per heavy atom. The molecule has 0 radical (unpaired) electrons. The van der Waals surface area contributed by atoms with Crippen molar-refractivity contribution in [2.75, 3.05) is 33.9 Å². The van der Waals surface area contributed by atoms with Crippen LogP contribution in [-0.2, 0) is 0 Å². The second kappa shape index (κ2) is 12.3. The van der Waals surface area contributed by atoms with Gasteiger partial charge in [0, 0.05) is 18.7 Å². The quantitative estimate of drug-likeness (QED) is 0.417. The lowest BCUT2D eigenvalue weighted by Gasteiger charge is -2.15. The molecule has 1 rings (SSSR count). The fourth-order valence-electron chi connectivity index (χ4n) is 2.43. The Morgan fingerprint density at radius 1 is 0.840 bits per heavy atom. The summed E-state index contributed by atoms with van der Waals surface area (Å²) in [5, 5.41) is 0. The van der Waals surface area contributed by atoms with Crippen LogP contribution >= 0.6 is 0 Å². The van der Waals surface area contributed by atoms with Gasteiger partial charge < -0.3 is 14.4 Å². The lowest BCUT2D eigenvalue weighted by molar-refractivity contribution is 0.260. The van der Waals surface area contributed by atoms with Crippen LogP contribution in [0.15, 0.2) is 12.1 Å². The zero-order valence-corrected chi connectivity index (χ0v) is 15.9. The number of unbranched alkanes of at least 4 members (excludes halogenated alkanes) is 5. The van der Waals surface area contributed by atoms with Crippen LogP contribution in [0.25, 0.3) is 0 Å². The molecule has 0 atom stereocenters. The molecule has 0 saturated heterocycles. The zero-order valence-electron chi connectivity index (χ0n) is 15.9. The van der Waals surface area contributed by atoms with Gasteiger partial charge in [0.2, 0.25) is 0 Å². The van der Waals surface area contributed by atoms with Gasteiger partial charge in [-0.2, -0.15) is 0 Å². The lowest BCUT2D eigenvalue weighted by Crippen LogP contribution is -2.19. The lowest BCUT2D eigenvalue weighted by atomic mass is 10.1. The van der Waals surface area contributed by atoms with Crippen molar-refractivity contribution in [2.45, 2.75) is 45.4 Å². The Kier molecular flexibility index (Phi) is 10.3. The molecule has 0 aromatic heterocycles. The summed E-state index contributed by atoms with van der Waals surface area (Å²) in [4.78, 5) is 2.05. The van der Waals surface area contributed by atoms with Crippen LogP contribution in [0.5, 0.6) is 11.5 Å². The number of terminal acetylenes is 2. The van der Waals surface area contributed by atoms with Crippen LogP contribution < -0.4 is 9.47 Å². The van der Waals surface area contributed by atoms with Gasteiger partial charge in [-0.15, -0.1) is 12.8 Å². The van der Waals surface area contributed by atoms with E-state index in [9.17, 15) is 0 Å². The highest BCUT2D eigenvalue weighted by Crippen LogP contribution is 2.28. The van der Waals surface area contributed by atoms with Gasteiger partial charge in [0.05, 0.1) is 17.7 Å². The summed E-state index contributed by atoms with van der Waals surface area (Å²) in [5.41, 5.74) is 1.36. The van der Waals surface area contributed by atoms with Crippen LogP contribution in [0.4, 0.5) is 0 Å². The second-order valence-electron chi connectivity index (χ2n) is 6.40. The van der Waals surface area contributed by atoms with Gasteiger partial charge in [-0.25, -0.2) is 0 Å². The van der Waals surface area contributed by atoms with Crippen LogP contribution in [0.1, 0.15) is 56.6 Å². The summed E-state index contributed by atoms with van der Waals surface area (Å²) >= 11 is 0.